The Hall–Kier alpha value is -1.41. The fourth-order valence-electron chi connectivity index (χ4n) is 1.79. The maximum absolute atomic E-state index is 11.1. The maximum atomic E-state index is 11.1. The predicted octanol–water partition coefficient (Wildman–Crippen LogP) is 4.04. The Balaban J connectivity index is 1.97. The van der Waals surface area contributed by atoms with Gasteiger partial charge in [-0.2, -0.15) is 0 Å². The third kappa shape index (κ3) is 3.27. The first-order valence-electron chi connectivity index (χ1n) is 5.80. The molecule has 0 N–H and O–H groups in total. The molecule has 0 amide bonds. The van der Waals surface area contributed by atoms with Gasteiger partial charge in [0.25, 0.3) is 0 Å². The van der Waals surface area contributed by atoms with Gasteiger partial charge in [0, 0.05) is 15.3 Å². The molecule has 17 heavy (non-hydrogen) atoms. The molecule has 0 saturated carbocycles. The van der Waals surface area contributed by atoms with Crippen LogP contribution in [0.5, 0.6) is 0 Å². The van der Waals surface area contributed by atoms with Gasteiger partial charge in [-0.3, -0.25) is 4.79 Å². The lowest BCUT2D eigenvalue weighted by Crippen LogP contribution is -1.93. The van der Waals surface area contributed by atoms with Crippen LogP contribution in [-0.4, -0.2) is 5.78 Å². The van der Waals surface area contributed by atoms with Crippen molar-refractivity contribution in [2.24, 2.45) is 0 Å². The highest BCUT2D eigenvalue weighted by atomic mass is 32.1. The number of ketones is 1. The molecule has 0 aliphatic rings. The van der Waals surface area contributed by atoms with E-state index in [1.54, 1.807) is 6.92 Å². The quantitative estimate of drug-likeness (QED) is 0.742. The summed E-state index contributed by atoms with van der Waals surface area (Å²) in [6, 6.07) is 12.3. The Labute approximate surface area is 106 Å². The highest BCUT2D eigenvalue weighted by Crippen LogP contribution is 2.17. The molecule has 0 atom stereocenters. The normalized spacial score (nSPS) is 10.5. The van der Waals surface area contributed by atoms with Crippen molar-refractivity contribution < 1.29 is 4.79 Å². The largest absolute Gasteiger partial charge is 0.295 e. The van der Waals surface area contributed by atoms with E-state index in [-0.39, 0.29) is 5.78 Å². The molecule has 88 valence electrons. The first-order valence-corrected chi connectivity index (χ1v) is 6.62. The van der Waals surface area contributed by atoms with Gasteiger partial charge in [0.05, 0.1) is 0 Å². The average Bonchev–Trinajstić information content (AvgIpc) is 2.73. The third-order valence-electron chi connectivity index (χ3n) is 2.82. The third-order valence-corrected chi connectivity index (χ3v) is 3.88. The Morgan fingerprint density at radius 2 is 1.76 bits per heavy atom. The molecule has 0 spiro atoms. The van der Waals surface area contributed by atoms with Crippen molar-refractivity contribution in [3.8, 4) is 0 Å². The van der Waals surface area contributed by atoms with Gasteiger partial charge in [0.1, 0.15) is 0 Å². The lowest BCUT2D eigenvalue weighted by atomic mass is 10.1. The molecule has 0 radical (unpaired) electrons. The van der Waals surface area contributed by atoms with Crippen LogP contribution in [0, 0.1) is 6.92 Å². The highest BCUT2D eigenvalue weighted by molar-refractivity contribution is 7.11. The van der Waals surface area contributed by atoms with E-state index in [0.29, 0.717) is 0 Å². The number of aryl methyl sites for hydroxylation is 3. The van der Waals surface area contributed by atoms with Crippen molar-refractivity contribution in [1.82, 2.24) is 0 Å². The Kier molecular flexibility index (Phi) is 3.75. The van der Waals surface area contributed by atoms with E-state index in [4.69, 9.17) is 0 Å². The molecule has 0 bridgehead atoms. The molecule has 1 aromatic heterocycles. The second-order valence-corrected chi connectivity index (χ2v) is 5.64. The number of carbonyl (C=O) groups excluding carboxylic acids is 1. The summed E-state index contributed by atoms with van der Waals surface area (Å²) >= 11 is 1.86. The number of benzene rings is 1. The zero-order valence-corrected chi connectivity index (χ0v) is 11.0. The minimum Gasteiger partial charge on any atom is -0.295 e. The van der Waals surface area contributed by atoms with Gasteiger partial charge < -0.3 is 0 Å². The molecule has 0 aliphatic carbocycles. The number of Topliss-reactive ketones (excluding diaryl/α,β-unsaturated/α-hetero) is 1. The first kappa shape index (κ1) is 12.1. The standard InChI is InChI=1S/C15H16OS/c1-11-3-9-15(17-11)10-6-13-4-7-14(8-5-13)12(2)16/h3-5,7-9H,6,10H2,1-2H3. The molecular weight excluding hydrogens is 228 g/mol. The molecule has 0 saturated heterocycles. The zero-order chi connectivity index (χ0) is 12.3. The lowest BCUT2D eigenvalue weighted by molar-refractivity contribution is 0.101. The number of thiophene rings is 1. The van der Waals surface area contributed by atoms with E-state index in [2.05, 4.69) is 31.2 Å². The van der Waals surface area contributed by atoms with Crippen LogP contribution in [0.2, 0.25) is 0 Å². The summed E-state index contributed by atoms with van der Waals surface area (Å²) in [5.74, 6) is 0.130. The molecule has 2 rings (SSSR count). The summed E-state index contributed by atoms with van der Waals surface area (Å²) in [7, 11) is 0. The molecule has 1 nitrogen and oxygen atoms in total. The van der Waals surface area contributed by atoms with Crippen LogP contribution in [0.3, 0.4) is 0 Å². The summed E-state index contributed by atoms with van der Waals surface area (Å²) in [4.78, 5) is 13.9. The summed E-state index contributed by atoms with van der Waals surface area (Å²) < 4.78 is 0. The van der Waals surface area contributed by atoms with Gasteiger partial charge in [-0.15, -0.1) is 11.3 Å². The van der Waals surface area contributed by atoms with E-state index >= 15 is 0 Å². The second-order valence-electron chi connectivity index (χ2n) is 4.27. The first-order chi connectivity index (χ1) is 8.15. The number of rotatable bonds is 4. The van der Waals surface area contributed by atoms with Gasteiger partial charge in [-0.1, -0.05) is 24.3 Å². The average molecular weight is 244 g/mol. The number of hydrogen-bond acceptors (Lipinski definition) is 2. The maximum Gasteiger partial charge on any atom is 0.159 e. The van der Waals surface area contributed by atoms with E-state index in [1.165, 1.54) is 15.3 Å². The molecular formula is C15H16OS. The van der Waals surface area contributed by atoms with Crippen LogP contribution in [0.15, 0.2) is 36.4 Å². The Bertz CT molecular complexity index is 508. The number of hydrogen-bond donors (Lipinski definition) is 0. The molecule has 0 aliphatic heterocycles. The van der Waals surface area contributed by atoms with Gasteiger partial charge in [0.15, 0.2) is 5.78 Å². The van der Waals surface area contributed by atoms with Crippen LogP contribution < -0.4 is 0 Å². The zero-order valence-electron chi connectivity index (χ0n) is 10.2. The van der Waals surface area contributed by atoms with E-state index in [9.17, 15) is 4.79 Å². The molecule has 2 heteroatoms. The highest BCUT2D eigenvalue weighted by Gasteiger charge is 2.01. The van der Waals surface area contributed by atoms with Gasteiger partial charge in [-0.05, 0) is 44.4 Å². The van der Waals surface area contributed by atoms with Gasteiger partial charge in [-0.25, -0.2) is 0 Å². The summed E-state index contributed by atoms with van der Waals surface area (Å²) in [5.41, 5.74) is 2.08. The van der Waals surface area contributed by atoms with Gasteiger partial charge >= 0.3 is 0 Å². The summed E-state index contributed by atoms with van der Waals surface area (Å²) in [5, 5.41) is 0. The topological polar surface area (TPSA) is 17.1 Å². The van der Waals surface area contributed by atoms with Crippen LogP contribution in [0.1, 0.15) is 32.6 Å². The van der Waals surface area contributed by atoms with Gasteiger partial charge in [0.2, 0.25) is 0 Å². The summed E-state index contributed by atoms with van der Waals surface area (Å²) in [6.07, 6.45) is 2.12. The van der Waals surface area contributed by atoms with E-state index in [1.807, 2.05) is 23.5 Å². The van der Waals surface area contributed by atoms with Crippen molar-refractivity contribution in [1.29, 1.82) is 0 Å². The fourth-order valence-corrected chi connectivity index (χ4v) is 2.68. The Morgan fingerprint density at radius 3 is 2.29 bits per heavy atom. The minimum atomic E-state index is 0.130. The van der Waals surface area contributed by atoms with Crippen molar-refractivity contribution in [3.63, 3.8) is 0 Å². The van der Waals surface area contributed by atoms with E-state index < -0.39 is 0 Å². The van der Waals surface area contributed by atoms with Crippen LogP contribution >= 0.6 is 11.3 Å². The van der Waals surface area contributed by atoms with Crippen molar-refractivity contribution >= 4 is 17.1 Å². The van der Waals surface area contributed by atoms with Crippen molar-refractivity contribution in [2.45, 2.75) is 26.7 Å². The smallest absolute Gasteiger partial charge is 0.159 e. The molecule has 0 unspecified atom stereocenters. The van der Waals surface area contributed by atoms with Crippen LogP contribution in [-0.2, 0) is 12.8 Å². The SMILES string of the molecule is CC(=O)c1ccc(CCc2ccc(C)s2)cc1. The molecule has 0 fully saturated rings. The van der Waals surface area contributed by atoms with Crippen molar-refractivity contribution in [2.75, 3.05) is 0 Å². The molecule has 1 heterocycles. The number of carbonyl (C=O) groups is 1. The Morgan fingerprint density at radius 1 is 1.06 bits per heavy atom. The lowest BCUT2D eigenvalue weighted by Gasteiger charge is -2.01. The van der Waals surface area contributed by atoms with E-state index in [0.717, 1.165) is 18.4 Å². The fraction of sp³-hybridized carbons (Fsp3) is 0.267. The van der Waals surface area contributed by atoms with Crippen LogP contribution in [0.4, 0.5) is 0 Å². The van der Waals surface area contributed by atoms with Crippen LogP contribution in [0.25, 0.3) is 0 Å². The molecule has 2 aromatic rings. The minimum absolute atomic E-state index is 0.130. The van der Waals surface area contributed by atoms with Crippen molar-refractivity contribution in [3.05, 3.63) is 57.3 Å². The summed E-state index contributed by atoms with van der Waals surface area (Å²) in [6.45, 7) is 3.74. The molecule has 1 aromatic carbocycles. The second kappa shape index (κ2) is 5.28. The monoisotopic (exact) mass is 244 g/mol. The predicted molar refractivity (Wildman–Crippen MR) is 72.9 cm³/mol.